The summed E-state index contributed by atoms with van der Waals surface area (Å²) in [5.41, 5.74) is 1.47. The fraction of sp³-hybridized carbons (Fsp3) is 0.438. The van der Waals surface area contributed by atoms with Gasteiger partial charge in [0.1, 0.15) is 5.75 Å². The number of aromatic nitrogens is 1. The molecule has 1 heterocycles. The van der Waals surface area contributed by atoms with Gasteiger partial charge in [-0.25, -0.2) is 4.79 Å². The van der Waals surface area contributed by atoms with Gasteiger partial charge in [0.2, 0.25) is 0 Å². The van der Waals surface area contributed by atoms with Crippen LogP contribution in [0.4, 0.5) is 0 Å². The van der Waals surface area contributed by atoms with Crippen LogP contribution in [-0.2, 0) is 9.53 Å². The minimum absolute atomic E-state index is 0.197. The lowest BCUT2D eigenvalue weighted by atomic mass is 10.1. The third-order valence-corrected chi connectivity index (χ3v) is 3.43. The first-order chi connectivity index (χ1) is 9.99. The molecule has 0 saturated heterocycles. The fourth-order valence-corrected chi connectivity index (χ4v) is 2.38. The van der Waals surface area contributed by atoms with E-state index >= 15 is 0 Å². The molecule has 5 heteroatoms. The summed E-state index contributed by atoms with van der Waals surface area (Å²) in [5, 5.41) is 11.0. The Balaban J connectivity index is 2.57. The molecule has 1 unspecified atom stereocenters. The van der Waals surface area contributed by atoms with Gasteiger partial charge in [0.05, 0.1) is 19.2 Å². The number of fused-ring (bicyclic) bond motifs is 1. The molecule has 1 N–H and O–H groups in total. The number of carbonyl (C=O) groups is 1. The van der Waals surface area contributed by atoms with Gasteiger partial charge in [0.15, 0.2) is 6.10 Å². The summed E-state index contributed by atoms with van der Waals surface area (Å²) in [6.07, 6.45) is 0.525. The summed E-state index contributed by atoms with van der Waals surface area (Å²) in [6, 6.07) is 5.76. The molecule has 0 amide bonds. The van der Waals surface area contributed by atoms with Gasteiger partial charge in [-0.3, -0.25) is 0 Å². The Morgan fingerprint density at radius 3 is 2.67 bits per heavy atom. The van der Waals surface area contributed by atoms with Crippen molar-refractivity contribution in [2.45, 2.75) is 32.9 Å². The first-order valence-electron chi connectivity index (χ1n) is 7.02. The Hall–Kier alpha value is -2.01. The smallest absolute Gasteiger partial charge is 0.339 e. The Morgan fingerprint density at radius 1 is 1.38 bits per heavy atom. The van der Waals surface area contributed by atoms with Crippen LogP contribution in [0, 0.1) is 0 Å². The molecule has 0 aliphatic heterocycles. The Kier molecular flexibility index (Phi) is 4.53. The van der Waals surface area contributed by atoms with Crippen molar-refractivity contribution >= 4 is 16.9 Å². The highest BCUT2D eigenvalue weighted by Gasteiger charge is 2.24. The van der Waals surface area contributed by atoms with Crippen molar-refractivity contribution in [3.63, 3.8) is 0 Å². The third kappa shape index (κ3) is 2.88. The summed E-state index contributed by atoms with van der Waals surface area (Å²) in [4.78, 5) is 11.8. The van der Waals surface area contributed by atoms with Gasteiger partial charge in [0, 0.05) is 29.3 Å². The number of aliphatic hydroxyl groups is 1. The number of hydrogen-bond acceptors (Lipinski definition) is 4. The van der Waals surface area contributed by atoms with Crippen molar-refractivity contribution in [3.8, 4) is 5.75 Å². The summed E-state index contributed by atoms with van der Waals surface area (Å²) >= 11 is 0. The predicted molar refractivity (Wildman–Crippen MR) is 80.5 cm³/mol. The lowest BCUT2D eigenvalue weighted by Crippen LogP contribution is -2.15. The second-order valence-corrected chi connectivity index (χ2v) is 5.12. The number of nitrogens with zero attached hydrogens (tertiary/aromatic N) is 1. The van der Waals surface area contributed by atoms with Gasteiger partial charge >= 0.3 is 5.97 Å². The molecule has 0 fully saturated rings. The zero-order valence-electron chi connectivity index (χ0n) is 12.8. The highest BCUT2D eigenvalue weighted by atomic mass is 16.5. The Bertz CT molecular complexity index is 645. The summed E-state index contributed by atoms with van der Waals surface area (Å²) in [5.74, 6) is 0.107. The fourth-order valence-electron chi connectivity index (χ4n) is 2.38. The Morgan fingerprint density at radius 2 is 2.10 bits per heavy atom. The molecule has 0 saturated carbocycles. The van der Waals surface area contributed by atoms with E-state index in [1.54, 1.807) is 20.2 Å². The highest BCUT2D eigenvalue weighted by molar-refractivity contribution is 5.90. The molecular formula is C16H21NO4. The van der Waals surface area contributed by atoms with E-state index in [-0.39, 0.29) is 12.6 Å². The molecule has 0 aliphatic carbocycles. The van der Waals surface area contributed by atoms with Crippen LogP contribution < -0.4 is 4.74 Å². The first-order valence-corrected chi connectivity index (χ1v) is 7.02. The number of aliphatic hydroxyl groups excluding tert-OH is 1. The predicted octanol–water partition coefficient (Wildman–Crippen LogP) is 2.83. The molecule has 0 bridgehead atoms. The number of benzene rings is 1. The second-order valence-electron chi connectivity index (χ2n) is 5.12. The Labute approximate surface area is 124 Å². The van der Waals surface area contributed by atoms with E-state index in [1.807, 2.05) is 36.6 Å². The van der Waals surface area contributed by atoms with Gasteiger partial charge in [0.25, 0.3) is 0 Å². The largest absolute Gasteiger partial charge is 0.497 e. The number of esters is 1. The summed E-state index contributed by atoms with van der Waals surface area (Å²) in [6.45, 7) is 6.04. The molecular weight excluding hydrogens is 270 g/mol. The number of rotatable bonds is 5. The van der Waals surface area contributed by atoms with E-state index in [2.05, 4.69) is 0 Å². The van der Waals surface area contributed by atoms with Crippen molar-refractivity contribution in [1.29, 1.82) is 0 Å². The number of hydrogen-bond donors (Lipinski definition) is 1. The van der Waals surface area contributed by atoms with Gasteiger partial charge in [-0.2, -0.15) is 0 Å². The molecule has 1 atom stereocenters. The van der Waals surface area contributed by atoms with Crippen LogP contribution in [0.15, 0.2) is 24.4 Å². The maximum Gasteiger partial charge on any atom is 0.339 e. The minimum Gasteiger partial charge on any atom is -0.497 e. The molecule has 1 aromatic carbocycles. The van der Waals surface area contributed by atoms with Crippen molar-refractivity contribution in [1.82, 2.24) is 4.57 Å². The standard InChI is InChI=1S/C16H21NO4/c1-5-21-16(19)15(18)13-9-17(10(2)3)14-8-11(20-4)6-7-12(13)14/h6-10,15,18H,5H2,1-4H3. The number of ether oxygens (including phenoxy) is 2. The summed E-state index contributed by atoms with van der Waals surface area (Å²) in [7, 11) is 1.61. The molecule has 21 heavy (non-hydrogen) atoms. The van der Waals surface area contributed by atoms with Crippen LogP contribution in [0.25, 0.3) is 10.9 Å². The van der Waals surface area contributed by atoms with E-state index in [0.717, 1.165) is 16.7 Å². The van der Waals surface area contributed by atoms with Crippen molar-refractivity contribution in [3.05, 3.63) is 30.0 Å². The van der Waals surface area contributed by atoms with Gasteiger partial charge in [-0.1, -0.05) is 0 Å². The average Bonchev–Trinajstić information content (AvgIpc) is 2.85. The molecule has 5 nitrogen and oxygen atoms in total. The van der Waals surface area contributed by atoms with Crippen molar-refractivity contribution in [2.75, 3.05) is 13.7 Å². The van der Waals surface area contributed by atoms with E-state index in [9.17, 15) is 9.90 Å². The number of methoxy groups -OCH3 is 1. The maximum absolute atomic E-state index is 11.8. The van der Waals surface area contributed by atoms with Crippen LogP contribution in [0.2, 0.25) is 0 Å². The maximum atomic E-state index is 11.8. The van der Waals surface area contributed by atoms with Crippen LogP contribution in [-0.4, -0.2) is 29.4 Å². The topological polar surface area (TPSA) is 60.7 Å². The van der Waals surface area contributed by atoms with Gasteiger partial charge < -0.3 is 19.1 Å². The minimum atomic E-state index is -1.28. The molecule has 1 aromatic heterocycles. The van der Waals surface area contributed by atoms with Gasteiger partial charge in [-0.05, 0) is 32.9 Å². The van der Waals surface area contributed by atoms with E-state index in [4.69, 9.17) is 9.47 Å². The number of carbonyl (C=O) groups excluding carboxylic acids is 1. The quantitative estimate of drug-likeness (QED) is 0.861. The normalized spacial score (nSPS) is 12.7. The van der Waals surface area contributed by atoms with Crippen molar-refractivity contribution < 1.29 is 19.4 Å². The summed E-state index contributed by atoms with van der Waals surface area (Å²) < 4.78 is 12.2. The second kappa shape index (κ2) is 6.18. The molecule has 114 valence electrons. The third-order valence-electron chi connectivity index (χ3n) is 3.43. The zero-order chi connectivity index (χ0) is 15.6. The van der Waals surface area contributed by atoms with E-state index < -0.39 is 12.1 Å². The molecule has 2 aromatic rings. The highest BCUT2D eigenvalue weighted by Crippen LogP contribution is 2.32. The van der Waals surface area contributed by atoms with Crippen LogP contribution >= 0.6 is 0 Å². The first kappa shape index (κ1) is 15.4. The van der Waals surface area contributed by atoms with Crippen LogP contribution in [0.1, 0.15) is 38.5 Å². The van der Waals surface area contributed by atoms with E-state index in [0.29, 0.717) is 5.56 Å². The SMILES string of the molecule is CCOC(=O)C(O)c1cn(C(C)C)c2cc(OC)ccc12. The molecule has 2 rings (SSSR count). The zero-order valence-corrected chi connectivity index (χ0v) is 12.8. The van der Waals surface area contributed by atoms with Crippen LogP contribution in [0.3, 0.4) is 0 Å². The molecule has 0 spiro atoms. The average molecular weight is 291 g/mol. The van der Waals surface area contributed by atoms with Gasteiger partial charge in [-0.15, -0.1) is 0 Å². The van der Waals surface area contributed by atoms with E-state index in [1.165, 1.54) is 0 Å². The molecule has 0 radical (unpaired) electrons. The van der Waals surface area contributed by atoms with Crippen LogP contribution in [0.5, 0.6) is 5.75 Å². The lowest BCUT2D eigenvalue weighted by Gasteiger charge is -2.09. The monoisotopic (exact) mass is 291 g/mol. The van der Waals surface area contributed by atoms with Crippen molar-refractivity contribution in [2.24, 2.45) is 0 Å². The lowest BCUT2D eigenvalue weighted by molar-refractivity contribution is -0.153. The molecule has 0 aliphatic rings.